The molecule has 1 aliphatic heterocycles. The molecule has 0 radical (unpaired) electrons. The average molecular weight is 616 g/mol. The van der Waals surface area contributed by atoms with Crippen LogP contribution in [-0.4, -0.2) is 49.7 Å². The fourth-order valence-electron chi connectivity index (χ4n) is 5.93. The molecule has 236 valence electrons. The summed E-state index contributed by atoms with van der Waals surface area (Å²) in [6, 6.07) is 23.4. The van der Waals surface area contributed by atoms with Crippen LogP contribution >= 0.6 is 0 Å². The summed E-state index contributed by atoms with van der Waals surface area (Å²) in [7, 11) is 0. The summed E-state index contributed by atoms with van der Waals surface area (Å²) in [5.74, 6) is 1.09. The van der Waals surface area contributed by atoms with Gasteiger partial charge < -0.3 is 10.2 Å². The van der Waals surface area contributed by atoms with Crippen molar-refractivity contribution in [2.75, 3.05) is 23.7 Å². The Balaban J connectivity index is 1.07. The summed E-state index contributed by atoms with van der Waals surface area (Å²) >= 11 is 0. The molecule has 1 saturated heterocycles. The van der Waals surface area contributed by atoms with Gasteiger partial charge in [0.1, 0.15) is 5.82 Å². The van der Waals surface area contributed by atoms with E-state index in [-0.39, 0.29) is 17.4 Å². The molecule has 0 unspecified atom stereocenters. The number of anilines is 2. The molecule has 2 aromatic carbocycles. The molecule has 4 heterocycles. The summed E-state index contributed by atoms with van der Waals surface area (Å²) in [5, 5.41) is 11.7. The van der Waals surface area contributed by atoms with E-state index in [9.17, 15) is 9.59 Å². The van der Waals surface area contributed by atoms with Gasteiger partial charge in [-0.1, -0.05) is 50.6 Å². The van der Waals surface area contributed by atoms with Gasteiger partial charge in [0.2, 0.25) is 0 Å². The third kappa shape index (κ3) is 6.93. The quantitative estimate of drug-likeness (QED) is 0.206. The topological polar surface area (TPSA) is 105 Å². The van der Waals surface area contributed by atoms with E-state index in [4.69, 9.17) is 5.10 Å². The molecule has 5 aromatic rings. The molecule has 46 heavy (non-hydrogen) atoms. The Hall–Kier alpha value is -5.05. The van der Waals surface area contributed by atoms with Crippen LogP contribution < -0.4 is 10.6 Å². The van der Waals surface area contributed by atoms with Crippen molar-refractivity contribution in [1.82, 2.24) is 24.6 Å². The molecule has 6 rings (SSSR count). The number of rotatable bonds is 6. The monoisotopic (exact) mass is 615 g/mol. The van der Waals surface area contributed by atoms with Gasteiger partial charge in [-0.15, -0.1) is 0 Å². The second kappa shape index (κ2) is 12.7. The highest BCUT2D eigenvalue weighted by Crippen LogP contribution is 2.28. The van der Waals surface area contributed by atoms with Gasteiger partial charge in [-0.05, 0) is 87.1 Å². The number of hydrogen-bond acceptors (Lipinski definition) is 5. The van der Waals surface area contributed by atoms with E-state index >= 15 is 0 Å². The number of benzene rings is 2. The minimum atomic E-state index is -0.327. The number of pyridine rings is 2. The molecule has 0 atom stereocenters. The number of nitrogens with one attached hydrogen (secondary N) is 2. The van der Waals surface area contributed by atoms with Crippen molar-refractivity contribution >= 4 is 34.5 Å². The zero-order valence-electron chi connectivity index (χ0n) is 27.2. The van der Waals surface area contributed by atoms with Crippen molar-refractivity contribution in [1.29, 1.82) is 0 Å². The minimum absolute atomic E-state index is 0.0322. The van der Waals surface area contributed by atoms with Crippen LogP contribution in [0.4, 0.5) is 16.3 Å². The number of hydrogen-bond donors (Lipinski definition) is 2. The van der Waals surface area contributed by atoms with Gasteiger partial charge in [-0.25, -0.2) is 19.4 Å². The Morgan fingerprint density at radius 1 is 0.913 bits per heavy atom. The molecule has 3 aromatic heterocycles. The standard InChI is InChI=1S/C37H41N7O2/c1-24-11-13-30(14-12-24)44-33(23-32(42-44)37(3,4)5)41-36(46)40-29-10-6-8-27(21-29)20-26-15-18-43(19-16-26)35(45)31-22-28-9-7-17-38-34(28)39-25(31)2/h6-14,17,21-23,26H,15-16,18-20H2,1-5H3,(H2,40,41,46). The largest absolute Gasteiger partial charge is 0.339 e. The maximum Gasteiger partial charge on any atom is 0.324 e. The maximum atomic E-state index is 13.4. The number of aryl methyl sites for hydroxylation is 2. The van der Waals surface area contributed by atoms with E-state index in [1.165, 1.54) is 0 Å². The fourth-order valence-corrected chi connectivity index (χ4v) is 5.93. The van der Waals surface area contributed by atoms with Gasteiger partial charge in [0.05, 0.1) is 22.6 Å². The van der Waals surface area contributed by atoms with E-state index in [1.807, 2.05) is 85.5 Å². The van der Waals surface area contributed by atoms with Crippen LogP contribution in [0.5, 0.6) is 0 Å². The number of piperidine rings is 1. The first-order chi connectivity index (χ1) is 22.0. The number of fused-ring (bicyclic) bond motifs is 1. The van der Waals surface area contributed by atoms with Gasteiger partial charge in [0.25, 0.3) is 5.91 Å². The van der Waals surface area contributed by atoms with Crippen LogP contribution in [0.1, 0.15) is 66.5 Å². The Morgan fingerprint density at radius 2 is 1.67 bits per heavy atom. The number of nitrogens with zero attached hydrogens (tertiary/aromatic N) is 5. The lowest BCUT2D eigenvalue weighted by Gasteiger charge is -2.32. The van der Waals surface area contributed by atoms with Crippen molar-refractivity contribution in [3.8, 4) is 5.69 Å². The molecule has 3 amide bonds. The number of amides is 3. The van der Waals surface area contributed by atoms with E-state index in [1.54, 1.807) is 10.9 Å². The Bertz CT molecular complexity index is 1880. The molecule has 9 nitrogen and oxygen atoms in total. The SMILES string of the molecule is Cc1ccc(-n2nc(C(C)(C)C)cc2NC(=O)Nc2cccc(CC3CCN(C(=O)c4cc5cccnc5nc4C)CC3)c2)cc1. The average Bonchev–Trinajstić information content (AvgIpc) is 3.45. The van der Waals surface area contributed by atoms with Crippen molar-refractivity contribution in [3.63, 3.8) is 0 Å². The fraction of sp³-hybridized carbons (Fsp3) is 0.324. The first-order valence-corrected chi connectivity index (χ1v) is 15.9. The molecule has 1 fully saturated rings. The summed E-state index contributed by atoms with van der Waals surface area (Å²) in [4.78, 5) is 37.4. The molecule has 2 N–H and O–H groups in total. The van der Waals surface area contributed by atoms with Crippen LogP contribution in [0.2, 0.25) is 0 Å². The number of carbonyl (C=O) groups excluding carboxylic acids is 2. The minimum Gasteiger partial charge on any atom is -0.339 e. The molecule has 0 aliphatic carbocycles. The Morgan fingerprint density at radius 3 is 2.41 bits per heavy atom. The van der Waals surface area contributed by atoms with E-state index in [2.05, 4.69) is 47.4 Å². The lowest BCUT2D eigenvalue weighted by molar-refractivity contribution is 0.0689. The van der Waals surface area contributed by atoms with E-state index < -0.39 is 0 Å². The first-order valence-electron chi connectivity index (χ1n) is 15.9. The number of urea groups is 1. The van der Waals surface area contributed by atoms with Crippen molar-refractivity contribution in [3.05, 3.63) is 107 Å². The Labute approximate surface area is 270 Å². The predicted molar refractivity (Wildman–Crippen MR) is 183 cm³/mol. The van der Waals surface area contributed by atoms with Gasteiger partial charge in [-0.3, -0.25) is 10.1 Å². The molecule has 0 spiro atoms. The van der Waals surface area contributed by atoms with Crippen LogP contribution in [0.25, 0.3) is 16.7 Å². The lowest BCUT2D eigenvalue weighted by Crippen LogP contribution is -2.39. The number of carbonyl (C=O) groups is 2. The predicted octanol–water partition coefficient (Wildman–Crippen LogP) is 7.47. The van der Waals surface area contributed by atoms with Gasteiger partial charge >= 0.3 is 6.03 Å². The van der Waals surface area contributed by atoms with Crippen molar-refractivity contribution in [2.45, 2.75) is 59.3 Å². The molecule has 1 aliphatic rings. The first kappa shape index (κ1) is 31.0. The van der Waals surface area contributed by atoms with Gasteiger partial charge in [0, 0.05) is 41.8 Å². The van der Waals surface area contributed by atoms with Crippen LogP contribution in [0.3, 0.4) is 0 Å². The summed E-state index contributed by atoms with van der Waals surface area (Å²) < 4.78 is 1.78. The lowest BCUT2D eigenvalue weighted by atomic mass is 9.89. The van der Waals surface area contributed by atoms with Gasteiger partial charge in [-0.2, -0.15) is 5.10 Å². The second-order valence-corrected chi connectivity index (χ2v) is 13.3. The Kier molecular flexibility index (Phi) is 8.58. The molecular weight excluding hydrogens is 574 g/mol. The van der Waals surface area contributed by atoms with Crippen molar-refractivity contribution in [2.24, 2.45) is 5.92 Å². The van der Waals surface area contributed by atoms with Crippen LogP contribution in [0.15, 0.2) is 79.0 Å². The van der Waals surface area contributed by atoms with E-state index in [0.29, 0.717) is 41.7 Å². The molecule has 0 saturated carbocycles. The summed E-state index contributed by atoms with van der Waals surface area (Å²) in [6.07, 6.45) is 4.44. The zero-order valence-corrected chi connectivity index (χ0v) is 27.2. The zero-order chi connectivity index (χ0) is 32.4. The number of aromatic nitrogens is 4. The third-order valence-corrected chi connectivity index (χ3v) is 8.62. The number of likely N-dealkylation sites (tertiary alicyclic amines) is 1. The molecule has 0 bridgehead atoms. The molecular formula is C37H41N7O2. The second-order valence-electron chi connectivity index (χ2n) is 13.3. The highest BCUT2D eigenvalue weighted by atomic mass is 16.2. The molecule has 9 heteroatoms. The van der Waals surface area contributed by atoms with Gasteiger partial charge in [0.15, 0.2) is 5.65 Å². The highest BCUT2D eigenvalue weighted by molar-refractivity contribution is 5.99. The maximum absolute atomic E-state index is 13.4. The normalized spacial score (nSPS) is 14.0. The van der Waals surface area contributed by atoms with Crippen LogP contribution in [-0.2, 0) is 11.8 Å². The van der Waals surface area contributed by atoms with E-state index in [0.717, 1.165) is 52.8 Å². The summed E-state index contributed by atoms with van der Waals surface area (Å²) in [5.41, 5.74) is 6.65. The third-order valence-electron chi connectivity index (χ3n) is 8.62. The highest BCUT2D eigenvalue weighted by Gasteiger charge is 2.26. The summed E-state index contributed by atoms with van der Waals surface area (Å²) in [6.45, 7) is 11.6. The smallest absolute Gasteiger partial charge is 0.324 e. The van der Waals surface area contributed by atoms with Crippen LogP contribution in [0, 0.1) is 19.8 Å². The van der Waals surface area contributed by atoms with Crippen molar-refractivity contribution < 1.29 is 9.59 Å².